The van der Waals surface area contributed by atoms with Gasteiger partial charge < -0.3 is 14.7 Å². The Kier molecular flexibility index (Phi) is 19.8. The Hall–Kier alpha value is -6.56. The molecule has 0 saturated carbocycles. The minimum Gasteiger partial charge on any atom is -0.344 e. The second-order valence-electron chi connectivity index (χ2n) is 20.3. The van der Waals surface area contributed by atoms with E-state index in [2.05, 4.69) is 130 Å². The van der Waals surface area contributed by atoms with E-state index < -0.39 is 11.7 Å². The van der Waals surface area contributed by atoms with Crippen molar-refractivity contribution >= 4 is 73.2 Å². The number of aryl methyl sites for hydroxylation is 3. The van der Waals surface area contributed by atoms with E-state index in [9.17, 15) is 13.2 Å². The molecule has 3 saturated heterocycles. The van der Waals surface area contributed by atoms with E-state index in [1.165, 1.54) is 56.9 Å². The summed E-state index contributed by atoms with van der Waals surface area (Å²) >= 11 is 16.3. The number of hydrogen-bond acceptors (Lipinski definition) is 18. The Morgan fingerprint density at radius 1 is 0.476 bits per heavy atom. The summed E-state index contributed by atoms with van der Waals surface area (Å²) in [7, 11) is 0. The molecule has 23 heteroatoms. The highest BCUT2D eigenvalue weighted by Gasteiger charge is 2.30. The highest BCUT2D eigenvalue weighted by atomic mass is 35.5. The molecule has 0 radical (unpaired) electrons. The van der Waals surface area contributed by atoms with Crippen molar-refractivity contribution in [3.63, 3.8) is 0 Å². The molecular weight excluding hydrogens is 1140 g/mol. The number of rotatable bonds is 13. The number of nitrogens with zero attached hydrogens (tertiary/aromatic N) is 15. The predicted molar refractivity (Wildman–Crippen MR) is 325 cm³/mol. The van der Waals surface area contributed by atoms with Gasteiger partial charge in [-0.2, -0.15) is 41.2 Å². The number of pyridine rings is 3. The SMILES string of the molecule is Cc1ccc(-c2nsc(N3CCN(Cc4ccccc4C)CC3)n2)cn1.Cc1ccccc1CN1CCN(c2nc(-c3cncc(Cl)c3)ns2)CC1.FC(F)(F)c1ccc(CCN2CCN(c3nc(-c4cncc(Cl)c4)ns3)CC2)cc1. The van der Waals surface area contributed by atoms with Gasteiger partial charge in [0.2, 0.25) is 15.4 Å². The Balaban J connectivity index is 0.000000138. The number of benzene rings is 3. The van der Waals surface area contributed by atoms with Crippen LogP contribution in [-0.2, 0) is 25.7 Å². The number of piperazine rings is 3. The molecule has 6 aromatic heterocycles. The third-order valence-electron chi connectivity index (χ3n) is 14.6. The number of hydrogen-bond donors (Lipinski definition) is 0. The molecule has 0 spiro atoms. The van der Waals surface area contributed by atoms with Crippen LogP contribution in [-0.4, -0.2) is 143 Å². The molecule has 0 unspecified atom stereocenters. The van der Waals surface area contributed by atoms with Crippen molar-refractivity contribution in [2.24, 2.45) is 0 Å². The molecule has 3 aromatic carbocycles. The normalized spacial score (nSPS) is 15.4. The molecule has 0 atom stereocenters. The maximum atomic E-state index is 12.7. The smallest absolute Gasteiger partial charge is 0.344 e. The van der Waals surface area contributed by atoms with E-state index in [0.29, 0.717) is 21.7 Å². The van der Waals surface area contributed by atoms with E-state index in [-0.39, 0.29) is 0 Å². The standard InChI is InChI=1S/C20H19ClF3N5S.C20H23N5S.C19H20ClN5S/c21-17-11-15(12-25-13-17)18-26-19(30-27-18)29-9-7-28(8-10-29)6-5-14-1-3-16(4-2-14)20(22,23)24;1-15-5-3-4-6-18(15)14-24-9-11-25(12-10-24)20-22-19(23-26-20)17-8-7-16(2)21-13-17;1-14-4-2-3-5-15(14)13-24-6-8-25(9-7-24)19-22-18(23-26-19)16-10-17(20)12-21-11-16/h1-4,11-13H,5-10H2;3-8,13H,9-12,14H2,1-2H3;2-5,10-12H,6-9,13H2,1H3. The van der Waals surface area contributed by atoms with Gasteiger partial charge in [0, 0.05) is 186 Å². The van der Waals surface area contributed by atoms with Crippen LogP contribution in [0.2, 0.25) is 10.0 Å². The number of alkyl halides is 3. The summed E-state index contributed by atoms with van der Waals surface area (Å²) in [5.41, 5.74) is 9.51. The first-order valence-corrected chi connectivity index (χ1v) is 30.2. The van der Waals surface area contributed by atoms with E-state index in [1.807, 2.05) is 31.3 Å². The van der Waals surface area contributed by atoms with Crippen LogP contribution in [0, 0.1) is 20.8 Å². The fraction of sp³-hybridized carbons (Fsp3) is 0.339. The monoisotopic (exact) mass is 1200 g/mol. The lowest BCUT2D eigenvalue weighted by molar-refractivity contribution is -0.137. The van der Waals surface area contributed by atoms with Crippen molar-refractivity contribution in [1.82, 2.24) is 57.7 Å². The molecule has 9 aromatic rings. The summed E-state index contributed by atoms with van der Waals surface area (Å²) < 4.78 is 51.4. The van der Waals surface area contributed by atoms with Crippen LogP contribution in [0.1, 0.15) is 39.1 Å². The molecule has 15 nitrogen and oxygen atoms in total. The van der Waals surface area contributed by atoms with Crippen LogP contribution < -0.4 is 14.7 Å². The summed E-state index contributed by atoms with van der Waals surface area (Å²) in [6.45, 7) is 20.7. The fourth-order valence-corrected chi connectivity index (χ4v) is 12.2. The van der Waals surface area contributed by atoms with Crippen LogP contribution in [0.4, 0.5) is 28.6 Å². The van der Waals surface area contributed by atoms with E-state index in [4.69, 9.17) is 28.2 Å². The van der Waals surface area contributed by atoms with E-state index in [1.54, 1.807) is 43.0 Å². The van der Waals surface area contributed by atoms with Gasteiger partial charge >= 0.3 is 6.18 Å². The van der Waals surface area contributed by atoms with Crippen molar-refractivity contribution < 1.29 is 13.2 Å². The molecule has 0 N–H and O–H groups in total. The molecule has 3 fully saturated rings. The third kappa shape index (κ3) is 16.0. The minimum absolute atomic E-state index is 0.547. The molecular formula is C59H62Cl2F3N15S3. The average Bonchev–Trinajstić information content (AvgIpc) is 4.36. The summed E-state index contributed by atoms with van der Waals surface area (Å²) in [4.78, 5) is 40.8. The second kappa shape index (κ2) is 27.7. The predicted octanol–water partition coefficient (Wildman–Crippen LogP) is 12.1. The quantitative estimate of drug-likeness (QED) is 0.108. The van der Waals surface area contributed by atoms with Crippen molar-refractivity contribution in [2.75, 3.05) is 99.8 Å². The lowest BCUT2D eigenvalue weighted by Crippen LogP contribution is -2.47. The molecule has 426 valence electrons. The molecule has 3 aliphatic heterocycles. The first-order chi connectivity index (χ1) is 39.8. The minimum atomic E-state index is -4.29. The first kappa shape index (κ1) is 58.6. The lowest BCUT2D eigenvalue weighted by Gasteiger charge is -2.34. The first-order valence-electron chi connectivity index (χ1n) is 27.1. The fourth-order valence-electron chi connectivity index (χ4n) is 9.61. The van der Waals surface area contributed by atoms with Crippen LogP contribution in [0.25, 0.3) is 34.2 Å². The zero-order valence-electron chi connectivity index (χ0n) is 45.8. The Morgan fingerprint density at radius 2 is 0.902 bits per heavy atom. The van der Waals surface area contributed by atoms with Gasteiger partial charge in [-0.1, -0.05) is 83.9 Å². The molecule has 3 aliphatic rings. The molecule has 12 rings (SSSR count). The zero-order valence-corrected chi connectivity index (χ0v) is 49.7. The average molecular weight is 1210 g/mol. The van der Waals surface area contributed by atoms with Crippen LogP contribution >= 0.6 is 57.8 Å². The van der Waals surface area contributed by atoms with Gasteiger partial charge in [0.1, 0.15) is 0 Å². The third-order valence-corrected chi connectivity index (χ3v) is 17.3. The summed E-state index contributed by atoms with van der Waals surface area (Å²) in [6.07, 6.45) is 4.91. The second-order valence-corrected chi connectivity index (χ2v) is 23.4. The number of halogens is 5. The van der Waals surface area contributed by atoms with Gasteiger partial charge in [-0.15, -0.1) is 0 Å². The van der Waals surface area contributed by atoms with E-state index >= 15 is 0 Å². The Bertz CT molecular complexity index is 3470. The maximum Gasteiger partial charge on any atom is 0.416 e. The zero-order chi connectivity index (χ0) is 57.0. The van der Waals surface area contributed by atoms with Gasteiger partial charge in [0.25, 0.3) is 0 Å². The lowest BCUT2D eigenvalue weighted by atomic mass is 10.1. The van der Waals surface area contributed by atoms with Gasteiger partial charge in [-0.25, -0.2) is 0 Å². The van der Waals surface area contributed by atoms with Gasteiger partial charge in [-0.3, -0.25) is 29.7 Å². The van der Waals surface area contributed by atoms with Crippen molar-refractivity contribution in [1.29, 1.82) is 0 Å². The van der Waals surface area contributed by atoms with Crippen LogP contribution in [0.15, 0.2) is 128 Å². The van der Waals surface area contributed by atoms with Crippen molar-refractivity contribution in [3.05, 3.63) is 177 Å². The number of aromatic nitrogens is 9. The van der Waals surface area contributed by atoms with Crippen molar-refractivity contribution in [3.8, 4) is 34.2 Å². The number of anilines is 3. The molecule has 0 aliphatic carbocycles. The Labute approximate surface area is 498 Å². The van der Waals surface area contributed by atoms with E-state index in [0.717, 1.165) is 166 Å². The van der Waals surface area contributed by atoms with Crippen LogP contribution in [0.5, 0.6) is 0 Å². The highest BCUT2D eigenvalue weighted by molar-refractivity contribution is 7.10. The summed E-state index contributed by atoms with van der Waals surface area (Å²) in [5.74, 6) is 2.09. The molecule has 0 bridgehead atoms. The molecule has 0 amide bonds. The highest BCUT2D eigenvalue weighted by Crippen LogP contribution is 2.31. The van der Waals surface area contributed by atoms with Crippen molar-refractivity contribution in [2.45, 2.75) is 46.5 Å². The molecule has 9 heterocycles. The van der Waals surface area contributed by atoms with Gasteiger partial charge in [0.15, 0.2) is 17.5 Å². The van der Waals surface area contributed by atoms with Gasteiger partial charge in [-0.05, 0) is 91.4 Å². The topological polar surface area (TPSA) is 135 Å². The summed E-state index contributed by atoms with van der Waals surface area (Å²) in [6, 6.07) is 30.4. The largest absolute Gasteiger partial charge is 0.416 e. The van der Waals surface area contributed by atoms with Crippen LogP contribution in [0.3, 0.4) is 0 Å². The Morgan fingerprint density at radius 3 is 1.30 bits per heavy atom. The van der Waals surface area contributed by atoms with Gasteiger partial charge in [0.05, 0.1) is 15.6 Å². The summed E-state index contributed by atoms with van der Waals surface area (Å²) in [5, 5.41) is 3.99. The molecule has 82 heavy (non-hydrogen) atoms. The maximum absolute atomic E-state index is 12.7.